The predicted octanol–water partition coefficient (Wildman–Crippen LogP) is 3.51. The molecule has 0 spiro atoms. The van der Waals surface area contributed by atoms with Crippen LogP contribution in [0.2, 0.25) is 0 Å². The second-order valence-electron chi connectivity index (χ2n) is 5.87. The largest absolute Gasteiger partial charge is 0.345 e. The summed E-state index contributed by atoms with van der Waals surface area (Å²) in [6, 6.07) is 5.63. The number of hydrogen-bond donors (Lipinski definition) is 1. The van der Waals surface area contributed by atoms with Gasteiger partial charge in [-0.3, -0.25) is 14.9 Å². The van der Waals surface area contributed by atoms with Crippen LogP contribution in [-0.4, -0.2) is 22.2 Å². The lowest BCUT2D eigenvalue weighted by molar-refractivity contribution is -0.384. The third kappa shape index (κ3) is 3.73. The zero-order chi connectivity index (χ0) is 15.5. The highest BCUT2D eigenvalue weighted by molar-refractivity contribution is 6.19. The Bertz CT molecular complexity index is 532. The molecule has 1 N–H and O–H groups in total. The first-order valence-corrected chi connectivity index (χ1v) is 7.62. The third-order valence-electron chi connectivity index (χ3n) is 4.07. The van der Waals surface area contributed by atoms with Crippen molar-refractivity contribution < 1.29 is 9.72 Å². The maximum Gasteiger partial charge on any atom is 0.269 e. The van der Waals surface area contributed by atoms with E-state index in [4.69, 9.17) is 11.6 Å². The molecule has 1 aromatic carbocycles. The summed E-state index contributed by atoms with van der Waals surface area (Å²) in [4.78, 5) is 22.5. The van der Waals surface area contributed by atoms with Crippen molar-refractivity contribution in [3.8, 4) is 0 Å². The third-order valence-corrected chi connectivity index (χ3v) is 4.58. The normalized spacial score (nSPS) is 25.3. The average Bonchev–Trinajstić information content (AvgIpc) is 2.47. The topological polar surface area (TPSA) is 72.2 Å². The number of halogens is 1. The molecule has 2 atom stereocenters. The first-order chi connectivity index (χ1) is 9.96. The molecular weight excluding hydrogens is 292 g/mol. The number of benzene rings is 1. The number of hydrogen-bond acceptors (Lipinski definition) is 3. The minimum Gasteiger partial charge on any atom is -0.345 e. The van der Waals surface area contributed by atoms with Crippen LogP contribution < -0.4 is 5.32 Å². The minimum atomic E-state index is -0.481. The van der Waals surface area contributed by atoms with E-state index in [2.05, 4.69) is 12.2 Å². The summed E-state index contributed by atoms with van der Waals surface area (Å²) in [5.74, 6) is 0.699. The fourth-order valence-corrected chi connectivity index (χ4v) is 3.29. The van der Waals surface area contributed by atoms with Crippen LogP contribution in [-0.2, 0) is 0 Å². The van der Waals surface area contributed by atoms with Gasteiger partial charge in [0.2, 0.25) is 0 Å². The van der Waals surface area contributed by atoms with E-state index >= 15 is 0 Å². The van der Waals surface area contributed by atoms with Crippen LogP contribution >= 0.6 is 11.6 Å². The molecule has 1 saturated carbocycles. The molecule has 0 aliphatic heterocycles. The molecule has 5 nitrogen and oxygen atoms in total. The van der Waals surface area contributed by atoms with Crippen molar-refractivity contribution in [1.29, 1.82) is 0 Å². The Kier molecular flexibility index (Phi) is 4.83. The first-order valence-electron chi connectivity index (χ1n) is 7.09. The maximum atomic E-state index is 12.3. The molecule has 1 aliphatic carbocycles. The average molecular weight is 311 g/mol. The number of carbonyl (C=O) groups is 1. The fraction of sp³-hybridized carbons (Fsp3) is 0.533. The van der Waals surface area contributed by atoms with Gasteiger partial charge in [0.15, 0.2) is 0 Å². The molecule has 0 aromatic heterocycles. The molecule has 114 valence electrons. The SMILES string of the molecule is CC1CCCC(CCl)(NC(=O)c2ccc([N+](=O)[O-])cc2)C1. The van der Waals surface area contributed by atoms with E-state index in [9.17, 15) is 14.9 Å². The molecule has 0 bridgehead atoms. The van der Waals surface area contributed by atoms with Gasteiger partial charge in [-0.05, 0) is 30.9 Å². The van der Waals surface area contributed by atoms with Crippen LogP contribution in [0.1, 0.15) is 43.0 Å². The summed E-state index contributed by atoms with van der Waals surface area (Å²) >= 11 is 6.10. The van der Waals surface area contributed by atoms with E-state index in [1.807, 2.05) is 0 Å². The number of non-ortho nitro benzene ring substituents is 1. The van der Waals surface area contributed by atoms with Crippen molar-refractivity contribution in [1.82, 2.24) is 5.32 Å². The van der Waals surface area contributed by atoms with Crippen molar-refractivity contribution in [2.45, 2.75) is 38.1 Å². The van der Waals surface area contributed by atoms with Crippen molar-refractivity contribution in [3.63, 3.8) is 0 Å². The Morgan fingerprint density at radius 2 is 2.14 bits per heavy atom. The van der Waals surface area contributed by atoms with Crippen molar-refractivity contribution in [3.05, 3.63) is 39.9 Å². The molecule has 2 unspecified atom stereocenters. The summed E-state index contributed by atoms with van der Waals surface area (Å²) in [5, 5.41) is 13.7. The van der Waals surface area contributed by atoms with E-state index in [0.29, 0.717) is 17.4 Å². The molecular formula is C15H19ClN2O3. The number of rotatable bonds is 4. The second kappa shape index (κ2) is 6.43. The summed E-state index contributed by atoms with van der Waals surface area (Å²) in [6.45, 7) is 2.17. The zero-order valence-electron chi connectivity index (χ0n) is 12.0. The Hall–Kier alpha value is -1.62. The number of alkyl halides is 1. The Labute approximate surface area is 128 Å². The smallest absolute Gasteiger partial charge is 0.269 e. The van der Waals surface area contributed by atoms with Crippen LogP contribution in [0.3, 0.4) is 0 Å². The zero-order valence-corrected chi connectivity index (χ0v) is 12.7. The van der Waals surface area contributed by atoms with Crippen molar-refractivity contribution >= 4 is 23.2 Å². The standard InChI is InChI=1S/C15H19ClN2O3/c1-11-3-2-8-15(9-11,10-16)17-14(19)12-4-6-13(7-5-12)18(20)21/h4-7,11H,2-3,8-10H2,1H3,(H,17,19). The van der Waals surface area contributed by atoms with E-state index < -0.39 is 4.92 Å². The van der Waals surface area contributed by atoms with Gasteiger partial charge in [-0.1, -0.05) is 19.8 Å². The van der Waals surface area contributed by atoms with Crippen LogP contribution in [0.15, 0.2) is 24.3 Å². The Balaban J connectivity index is 2.10. The van der Waals surface area contributed by atoms with Gasteiger partial charge in [-0.15, -0.1) is 11.6 Å². The van der Waals surface area contributed by atoms with E-state index in [0.717, 1.165) is 25.7 Å². The molecule has 1 aromatic rings. The van der Waals surface area contributed by atoms with E-state index in [-0.39, 0.29) is 17.1 Å². The fourth-order valence-electron chi connectivity index (χ4n) is 2.98. The van der Waals surface area contributed by atoms with Crippen LogP contribution in [0.5, 0.6) is 0 Å². The summed E-state index contributed by atoms with van der Waals surface area (Å²) < 4.78 is 0. The van der Waals surface area contributed by atoms with Gasteiger partial charge in [-0.2, -0.15) is 0 Å². The molecule has 6 heteroatoms. The lowest BCUT2D eigenvalue weighted by Gasteiger charge is -2.39. The van der Waals surface area contributed by atoms with Gasteiger partial charge >= 0.3 is 0 Å². The summed E-state index contributed by atoms with van der Waals surface area (Å²) in [6.07, 6.45) is 3.95. The van der Waals surface area contributed by atoms with Gasteiger partial charge in [0.25, 0.3) is 11.6 Å². The molecule has 0 radical (unpaired) electrons. The first kappa shape index (κ1) is 15.8. The monoisotopic (exact) mass is 310 g/mol. The number of amides is 1. The number of carbonyl (C=O) groups excluding carboxylic acids is 1. The number of nitro benzene ring substituents is 1. The van der Waals surface area contributed by atoms with Crippen LogP contribution in [0.25, 0.3) is 0 Å². The maximum absolute atomic E-state index is 12.3. The lowest BCUT2D eigenvalue weighted by atomic mass is 9.77. The number of nitrogens with zero attached hydrogens (tertiary/aromatic N) is 1. The molecule has 1 aliphatic rings. The second-order valence-corrected chi connectivity index (χ2v) is 6.14. The van der Waals surface area contributed by atoms with Crippen molar-refractivity contribution in [2.24, 2.45) is 5.92 Å². The van der Waals surface area contributed by atoms with Gasteiger partial charge in [0.05, 0.1) is 10.5 Å². The molecule has 0 heterocycles. The van der Waals surface area contributed by atoms with Crippen LogP contribution in [0.4, 0.5) is 5.69 Å². The molecule has 1 fully saturated rings. The molecule has 21 heavy (non-hydrogen) atoms. The van der Waals surface area contributed by atoms with E-state index in [1.165, 1.54) is 24.3 Å². The minimum absolute atomic E-state index is 0.0232. The van der Waals surface area contributed by atoms with Gasteiger partial charge < -0.3 is 5.32 Å². The summed E-state index contributed by atoms with van der Waals surface area (Å²) in [5.41, 5.74) is 0.0335. The molecule has 2 rings (SSSR count). The lowest BCUT2D eigenvalue weighted by Crippen LogP contribution is -2.52. The number of nitro groups is 1. The predicted molar refractivity (Wildman–Crippen MR) is 81.6 cm³/mol. The van der Waals surface area contributed by atoms with E-state index in [1.54, 1.807) is 0 Å². The van der Waals surface area contributed by atoms with Gasteiger partial charge in [-0.25, -0.2) is 0 Å². The van der Waals surface area contributed by atoms with Crippen LogP contribution in [0, 0.1) is 16.0 Å². The highest BCUT2D eigenvalue weighted by Crippen LogP contribution is 2.33. The van der Waals surface area contributed by atoms with Gasteiger partial charge in [0, 0.05) is 23.6 Å². The number of nitrogens with one attached hydrogen (secondary N) is 1. The highest BCUT2D eigenvalue weighted by Gasteiger charge is 2.35. The summed E-state index contributed by atoms with van der Waals surface area (Å²) in [7, 11) is 0. The quantitative estimate of drug-likeness (QED) is 0.525. The highest BCUT2D eigenvalue weighted by atomic mass is 35.5. The molecule has 0 saturated heterocycles. The Morgan fingerprint density at radius 3 is 2.67 bits per heavy atom. The van der Waals surface area contributed by atoms with Crippen molar-refractivity contribution in [2.75, 3.05) is 5.88 Å². The van der Waals surface area contributed by atoms with Gasteiger partial charge in [0.1, 0.15) is 0 Å². The Morgan fingerprint density at radius 1 is 1.48 bits per heavy atom. The molecule has 1 amide bonds.